The third kappa shape index (κ3) is 13.2. The number of amides is 1. The molecular weight excluding hydrogens is 236 g/mol. The molecule has 2 N–H and O–H groups in total. The zero-order valence-corrected chi connectivity index (χ0v) is 13.2. The maximum absolute atomic E-state index is 11.4. The van der Waals surface area contributed by atoms with Gasteiger partial charge in [-0.15, -0.1) is 0 Å². The van der Waals surface area contributed by atoms with Gasteiger partial charge in [0.25, 0.3) is 0 Å². The Labute approximate surface area is 119 Å². The Balaban J connectivity index is 3.32. The molecular formula is C16H32N2O. The second kappa shape index (κ2) is 10.9. The summed E-state index contributed by atoms with van der Waals surface area (Å²) in [7, 11) is 0. The molecule has 0 aromatic heterocycles. The maximum Gasteiger partial charge on any atom is 0.220 e. The van der Waals surface area contributed by atoms with Crippen molar-refractivity contribution in [1.82, 2.24) is 10.6 Å². The molecule has 0 aliphatic carbocycles. The van der Waals surface area contributed by atoms with Crippen LogP contribution in [0.15, 0.2) is 12.3 Å². The molecule has 0 bridgehead atoms. The van der Waals surface area contributed by atoms with Crippen LogP contribution in [0.1, 0.15) is 59.8 Å². The van der Waals surface area contributed by atoms with E-state index in [1.807, 2.05) is 0 Å². The van der Waals surface area contributed by atoms with Crippen molar-refractivity contribution >= 4 is 5.91 Å². The van der Waals surface area contributed by atoms with E-state index < -0.39 is 0 Å². The monoisotopic (exact) mass is 268 g/mol. The largest absolute Gasteiger partial charge is 0.389 e. The lowest BCUT2D eigenvalue weighted by Gasteiger charge is -2.11. The first-order valence-corrected chi connectivity index (χ1v) is 7.60. The first-order valence-electron chi connectivity index (χ1n) is 7.60. The average molecular weight is 268 g/mol. The molecule has 0 unspecified atom stereocenters. The molecule has 0 fully saturated rings. The molecule has 0 radical (unpaired) electrons. The Morgan fingerprint density at radius 2 is 1.42 bits per heavy atom. The van der Waals surface area contributed by atoms with E-state index >= 15 is 0 Å². The fourth-order valence-electron chi connectivity index (χ4n) is 1.93. The minimum absolute atomic E-state index is 0.179. The van der Waals surface area contributed by atoms with Crippen LogP contribution < -0.4 is 10.6 Å². The van der Waals surface area contributed by atoms with Crippen molar-refractivity contribution in [3.8, 4) is 0 Å². The van der Waals surface area contributed by atoms with E-state index in [0.29, 0.717) is 18.3 Å². The molecule has 112 valence electrons. The van der Waals surface area contributed by atoms with Gasteiger partial charge < -0.3 is 10.6 Å². The Morgan fingerprint density at radius 1 is 0.895 bits per heavy atom. The molecule has 0 saturated carbocycles. The molecule has 1 amide bonds. The van der Waals surface area contributed by atoms with Gasteiger partial charge in [0, 0.05) is 25.2 Å². The van der Waals surface area contributed by atoms with Gasteiger partial charge in [0.2, 0.25) is 5.91 Å². The first kappa shape index (κ1) is 18.0. The summed E-state index contributed by atoms with van der Waals surface area (Å²) < 4.78 is 0. The molecule has 3 heteroatoms. The third-order valence-electron chi connectivity index (χ3n) is 2.80. The molecule has 3 nitrogen and oxygen atoms in total. The molecule has 0 heterocycles. The van der Waals surface area contributed by atoms with Crippen LogP contribution in [0.25, 0.3) is 0 Å². The summed E-state index contributed by atoms with van der Waals surface area (Å²) in [5.74, 6) is 1.28. The third-order valence-corrected chi connectivity index (χ3v) is 2.80. The first-order chi connectivity index (χ1) is 8.91. The summed E-state index contributed by atoms with van der Waals surface area (Å²) in [6, 6.07) is 0. The highest BCUT2D eigenvalue weighted by Gasteiger charge is 2.03. The predicted octanol–water partition coefficient (Wildman–Crippen LogP) is 3.47. The average Bonchev–Trinajstić information content (AvgIpc) is 2.25. The highest BCUT2D eigenvalue weighted by molar-refractivity contribution is 5.75. The number of allylic oxidation sites excluding steroid dienone is 1. The van der Waals surface area contributed by atoms with E-state index in [9.17, 15) is 4.79 Å². The van der Waals surface area contributed by atoms with E-state index in [1.165, 1.54) is 0 Å². The number of hydrogen-bond donors (Lipinski definition) is 2. The lowest BCUT2D eigenvalue weighted by Crippen LogP contribution is -2.25. The van der Waals surface area contributed by atoms with Crippen LogP contribution in [0, 0.1) is 11.8 Å². The van der Waals surface area contributed by atoms with E-state index in [2.05, 4.69) is 44.9 Å². The van der Waals surface area contributed by atoms with Crippen molar-refractivity contribution in [3.05, 3.63) is 12.3 Å². The number of carbonyl (C=O) groups is 1. The smallest absolute Gasteiger partial charge is 0.220 e. The Bertz CT molecular complexity index is 233. The van der Waals surface area contributed by atoms with E-state index in [1.54, 1.807) is 0 Å². The van der Waals surface area contributed by atoms with Gasteiger partial charge in [-0.3, -0.25) is 4.79 Å². The minimum atomic E-state index is 0.179. The van der Waals surface area contributed by atoms with Gasteiger partial charge in [0.05, 0.1) is 0 Å². The number of carbonyl (C=O) groups excluding carboxylic acids is 1. The summed E-state index contributed by atoms with van der Waals surface area (Å²) in [6.07, 6.45) is 5.02. The predicted molar refractivity (Wildman–Crippen MR) is 82.9 cm³/mol. The number of nitrogens with one attached hydrogen (secondary N) is 2. The summed E-state index contributed by atoms with van der Waals surface area (Å²) in [5.41, 5.74) is 1.14. The minimum Gasteiger partial charge on any atom is -0.389 e. The number of hydrogen-bond acceptors (Lipinski definition) is 2. The van der Waals surface area contributed by atoms with Gasteiger partial charge in [-0.1, -0.05) is 34.3 Å². The fourth-order valence-corrected chi connectivity index (χ4v) is 1.93. The number of unbranched alkanes of at least 4 members (excludes halogenated alkanes) is 2. The van der Waals surface area contributed by atoms with Crippen LogP contribution >= 0.6 is 0 Å². The van der Waals surface area contributed by atoms with Crippen LogP contribution in [0.5, 0.6) is 0 Å². The summed E-state index contributed by atoms with van der Waals surface area (Å²) in [4.78, 5) is 11.4. The second-order valence-electron chi connectivity index (χ2n) is 6.14. The maximum atomic E-state index is 11.4. The van der Waals surface area contributed by atoms with Gasteiger partial charge in [0.1, 0.15) is 0 Å². The van der Waals surface area contributed by atoms with Crippen molar-refractivity contribution in [2.75, 3.05) is 13.1 Å². The highest BCUT2D eigenvalue weighted by atomic mass is 16.1. The lowest BCUT2D eigenvalue weighted by atomic mass is 10.1. The van der Waals surface area contributed by atoms with Crippen molar-refractivity contribution in [1.29, 1.82) is 0 Å². The normalized spacial score (nSPS) is 10.8. The second-order valence-corrected chi connectivity index (χ2v) is 6.14. The van der Waals surface area contributed by atoms with Crippen molar-refractivity contribution < 1.29 is 4.79 Å². The molecule has 0 atom stereocenters. The molecule has 0 aromatic rings. The molecule has 19 heavy (non-hydrogen) atoms. The molecule has 0 aliphatic heterocycles. The molecule has 0 aromatic carbocycles. The van der Waals surface area contributed by atoms with Crippen LogP contribution in [0.3, 0.4) is 0 Å². The molecule has 0 aliphatic rings. The highest BCUT2D eigenvalue weighted by Crippen LogP contribution is 2.05. The van der Waals surface area contributed by atoms with Crippen LogP contribution in [0.2, 0.25) is 0 Å². The van der Waals surface area contributed by atoms with Gasteiger partial charge in [-0.2, -0.15) is 0 Å². The van der Waals surface area contributed by atoms with Crippen molar-refractivity contribution in [2.45, 2.75) is 59.8 Å². The Hall–Kier alpha value is -0.990. The molecule has 0 spiro atoms. The van der Waals surface area contributed by atoms with Gasteiger partial charge in [-0.05, 0) is 37.5 Å². The standard InChI is InChI=1S/C16H32N2O/c1-13(2)11-15(5)17-9-7-6-8-10-18-16(19)12-14(3)4/h13-14,17H,5-12H2,1-4H3,(H,18,19). The van der Waals surface area contributed by atoms with Gasteiger partial charge >= 0.3 is 0 Å². The fraction of sp³-hybridized carbons (Fsp3) is 0.812. The topological polar surface area (TPSA) is 41.1 Å². The summed E-state index contributed by atoms with van der Waals surface area (Å²) >= 11 is 0. The van der Waals surface area contributed by atoms with E-state index in [4.69, 9.17) is 0 Å². The zero-order valence-electron chi connectivity index (χ0n) is 13.2. The van der Waals surface area contributed by atoms with Crippen LogP contribution in [-0.4, -0.2) is 19.0 Å². The SMILES string of the molecule is C=C(CC(C)C)NCCCCCNC(=O)CC(C)C. The quantitative estimate of drug-likeness (QED) is 0.563. The Morgan fingerprint density at radius 3 is 1.95 bits per heavy atom. The summed E-state index contributed by atoms with van der Waals surface area (Å²) in [6.45, 7) is 14.3. The van der Waals surface area contributed by atoms with Crippen molar-refractivity contribution in [3.63, 3.8) is 0 Å². The molecule has 0 rings (SSSR count). The van der Waals surface area contributed by atoms with Crippen LogP contribution in [-0.2, 0) is 4.79 Å². The zero-order chi connectivity index (χ0) is 14.7. The Kier molecular flexibility index (Phi) is 10.3. The van der Waals surface area contributed by atoms with E-state index in [0.717, 1.165) is 44.5 Å². The van der Waals surface area contributed by atoms with Gasteiger partial charge in [-0.25, -0.2) is 0 Å². The molecule has 0 saturated heterocycles. The number of rotatable bonds is 11. The van der Waals surface area contributed by atoms with E-state index in [-0.39, 0.29) is 5.91 Å². The van der Waals surface area contributed by atoms with Crippen LogP contribution in [0.4, 0.5) is 0 Å². The summed E-state index contributed by atoms with van der Waals surface area (Å²) in [5, 5.41) is 6.32. The lowest BCUT2D eigenvalue weighted by molar-refractivity contribution is -0.121. The van der Waals surface area contributed by atoms with Crippen molar-refractivity contribution in [2.24, 2.45) is 11.8 Å². The van der Waals surface area contributed by atoms with Gasteiger partial charge in [0.15, 0.2) is 0 Å².